The van der Waals surface area contributed by atoms with Gasteiger partial charge in [0.2, 0.25) is 0 Å². The van der Waals surface area contributed by atoms with E-state index in [1.54, 1.807) is 38.9 Å². The first-order valence-corrected chi connectivity index (χ1v) is 17.2. The Morgan fingerprint density at radius 1 is 0.513 bits per heavy atom. The van der Waals surface area contributed by atoms with Crippen molar-refractivity contribution in [2.75, 3.05) is 0 Å². The van der Waals surface area contributed by atoms with Gasteiger partial charge in [-0.25, -0.2) is 6.07 Å². The molecular weight excluding hydrogens is 512 g/mol. The molecule has 0 fully saturated rings. The smallest absolute Gasteiger partial charge is 0.210 e. The summed E-state index contributed by atoms with van der Waals surface area (Å²) >= 11 is 0. The first-order valence-electron chi connectivity index (χ1n) is 17.2. The van der Waals surface area contributed by atoms with E-state index in [-0.39, 0.29) is 17.1 Å². The van der Waals surface area contributed by atoms with Gasteiger partial charge < -0.3 is 0 Å². The minimum atomic E-state index is 0. The van der Waals surface area contributed by atoms with E-state index >= 15 is 0 Å². The summed E-state index contributed by atoms with van der Waals surface area (Å²) in [5, 5.41) is 0. The fourth-order valence-corrected chi connectivity index (χ4v) is 5.90. The van der Waals surface area contributed by atoms with Gasteiger partial charge in [0.05, 0.1) is 0 Å². The Morgan fingerprint density at radius 3 is 1.38 bits per heavy atom. The van der Waals surface area contributed by atoms with E-state index in [4.69, 9.17) is 0 Å². The van der Waals surface area contributed by atoms with E-state index in [1.807, 2.05) is 0 Å². The SMILES string of the molecule is CCCCc1c(CCCC)c(CCCC)[c-](CCCC)c1CCCC.CCCCc1cc[cH-]c1CCCC.[Fe+2]. The molecular formula is C38H66Fe. The Labute approximate surface area is 256 Å². The molecule has 2 aromatic carbocycles. The molecule has 0 nitrogen and oxygen atoms in total. The zero-order valence-corrected chi connectivity index (χ0v) is 28.5. The van der Waals surface area contributed by atoms with Crippen LogP contribution in [0.1, 0.15) is 177 Å². The number of hydrogen-bond acceptors (Lipinski definition) is 0. The average molecular weight is 579 g/mol. The zero-order chi connectivity index (χ0) is 28.0. The van der Waals surface area contributed by atoms with Crippen LogP contribution in [0.5, 0.6) is 0 Å². The van der Waals surface area contributed by atoms with Gasteiger partial charge in [0.1, 0.15) is 0 Å². The van der Waals surface area contributed by atoms with Crippen LogP contribution >= 0.6 is 0 Å². The average Bonchev–Trinajstić information content (AvgIpc) is 3.50. The minimum Gasteiger partial charge on any atom is -0.210 e. The van der Waals surface area contributed by atoms with Crippen molar-refractivity contribution >= 4 is 0 Å². The number of hydrogen-bond donors (Lipinski definition) is 0. The van der Waals surface area contributed by atoms with Crippen LogP contribution in [0.25, 0.3) is 0 Å². The molecule has 0 aliphatic carbocycles. The second-order valence-corrected chi connectivity index (χ2v) is 11.7. The maximum absolute atomic E-state index is 2.34. The maximum Gasteiger partial charge on any atom is 2.00 e. The third kappa shape index (κ3) is 14.1. The molecule has 0 aromatic heterocycles. The van der Waals surface area contributed by atoms with E-state index in [9.17, 15) is 0 Å². The van der Waals surface area contributed by atoms with Gasteiger partial charge in [0, 0.05) is 0 Å². The third-order valence-corrected chi connectivity index (χ3v) is 8.33. The molecule has 0 unspecified atom stereocenters. The quantitative estimate of drug-likeness (QED) is 0.102. The normalized spacial score (nSPS) is 10.8. The van der Waals surface area contributed by atoms with Crippen LogP contribution in [0, 0.1) is 0 Å². The summed E-state index contributed by atoms with van der Waals surface area (Å²) in [6.45, 7) is 16.2. The van der Waals surface area contributed by atoms with E-state index in [0.29, 0.717) is 0 Å². The van der Waals surface area contributed by atoms with E-state index in [1.165, 1.54) is 135 Å². The van der Waals surface area contributed by atoms with Crippen molar-refractivity contribution in [2.24, 2.45) is 0 Å². The topological polar surface area (TPSA) is 0 Å². The maximum atomic E-state index is 2.34. The molecule has 0 aliphatic rings. The van der Waals surface area contributed by atoms with Crippen molar-refractivity contribution in [3.63, 3.8) is 0 Å². The van der Waals surface area contributed by atoms with E-state index in [2.05, 4.69) is 66.7 Å². The molecule has 0 bridgehead atoms. The summed E-state index contributed by atoms with van der Waals surface area (Å²) < 4.78 is 0. The largest absolute Gasteiger partial charge is 2.00 e. The molecule has 0 spiro atoms. The van der Waals surface area contributed by atoms with Crippen molar-refractivity contribution in [3.8, 4) is 0 Å². The summed E-state index contributed by atoms with van der Waals surface area (Å²) in [5.41, 5.74) is 12.2. The molecule has 0 heterocycles. The number of aryl methyl sites for hydroxylation is 2. The molecule has 0 aliphatic heterocycles. The Hall–Kier alpha value is -0.781. The molecule has 2 rings (SSSR count). The number of unbranched alkanes of at least 4 members (excludes halogenated alkanes) is 7. The molecule has 0 amide bonds. The first-order chi connectivity index (χ1) is 18.6. The van der Waals surface area contributed by atoms with Gasteiger partial charge in [0.15, 0.2) is 0 Å². The molecule has 0 saturated heterocycles. The van der Waals surface area contributed by atoms with Crippen LogP contribution in [0.2, 0.25) is 0 Å². The second-order valence-electron chi connectivity index (χ2n) is 11.7. The minimum absolute atomic E-state index is 0. The Morgan fingerprint density at radius 2 is 0.923 bits per heavy atom. The summed E-state index contributed by atoms with van der Waals surface area (Å²) in [6.07, 6.45) is 27.9. The Kier molecular flexibility index (Phi) is 24.5. The fourth-order valence-electron chi connectivity index (χ4n) is 5.90. The van der Waals surface area contributed by atoms with Crippen LogP contribution in [0.15, 0.2) is 18.2 Å². The molecule has 226 valence electrons. The summed E-state index contributed by atoms with van der Waals surface area (Å²) in [7, 11) is 0. The van der Waals surface area contributed by atoms with Crippen LogP contribution < -0.4 is 0 Å². The summed E-state index contributed by atoms with van der Waals surface area (Å²) in [6, 6.07) is 6.79. The molecule has 0 N–H and O–H groups in total. The second kappa shape index (κ2) is 25.0. The van der Waals surface area contributed by atoms with Crippen molar-refractivity contribution < 1.29 is 17.1 Å². The Bertz CT molecular complexity index is 667. The van der Waals surface area contributed by atoms with Crippen molar-refractivity contribution in [1.82, 2.24) is 0 Å². The van der Waals surface area contributed by atoms with Crippen molar-refractivity contribution in [1.29, 1.82) is 0 Å². The molecule has 0 atom stereocenters. The van der Waals surface area contributed by atoms with Gasteiger partial charge in [-0.3, -0.25) is 0 Å². The fraction of sp³-hybridized carbons (Fsp3) is 0.737. The van der Waals surface area contributed by atoms with Gasteiger partial charge in [0.25, 0.3) is 0 Å². The molecule has 1 heteroatoms. The first kappa shape index (κ1) is 38.2. The van der Waals surface area contributed by atoms with Gasteiger partial charge in [-0.1, -0.05) is 183 Å². The van der Waals surface area contributed by atoms with Gasteiger partial charge >= 0.3 is 17.1 Å². The predicted octanol–water partition coefficient (Wildman–Crippen LogP) is 12.2. The summed E-state index contributed by atoms with van der Waals surface area (Å²) in [4.78, 5) is 0. The summed E-state index contributed by atoms with van der Waals surface area (Å²) in [5.74, 6) is 0. The van der Waals surface area contributed by atoms with Crippen LogP contribution in [-0.2, 0) is 62.0 Å². The Balaban J connectivity index is 0.000000869. The van der Waals surface area contributed by atoms with Gasteiger partial charge in [-0.05, 0) is 0 Å². The predicted molar refractivity (Wildman–Crippen MR) is 174 cm³/mol. The van der Waals surface area contributed by atoms with Crippen molar-refractivity contribution in [3.05, 3.63) is 57.1 Å². The van der Waals surface area contributed by atoms with E-state index in [0.717, 1.165) is 0 Å². The van der Waals surface area contributed by atoms with E-state index < -0.39 is 0 Å². The molecule has 39 heavy (non-hydrogen) atoms. The van der Waals surface area contributed by atoms with Crippen LogP contribution in [0.3, 0.4) is 0 Å². The van der Waals surface area contributed by atoms with Crippen molar-refractivity contribution in [2.45, 2.75) is 183 Å². The molecule has 0 radical (unpaired) electrons. The third-order valence-electron chi connectivity index (χ3n) is 8.33. The molecule has 0 saturated carbocycles. The van der Waals surface area contributed by atoms with Crippen LogP contribution in [-0.4, -0.2) is 0 Å². The van der Waals surface area contributed by atoms with Gasteiger partial charge in [-0.15, -0.1) is 0 Å². The standard InChI is InChI=1S/C25H45.C13H21.Fe/c1-6-11-16-21-22(17-12-7-2)24(19-14-9-4)25(20-15-10-5)23(21)18-13-8-3;1-3-5-8-12-10-7-11-13(12)9-6-4-2;/h6-20H2,1-5H3;7,10-11H,3-6,8-9H2,1-2H3;/q2*-1;+2. The molecule has 2 aromatic rings. The zero-order valence-electron chi connectivity index (χ0n) is 27.4. The number of rotatable bonds is 21. The monoisotopic (exact) mass is 578 g/mol. The van der Waals surface area contributed by atoms with Crippen LogP contribution in [0.4, 0.5) is 0 Å². The van der Waals surface area contributed by atoms with Gasteiger partial charge in [-0.2, -0.15) is 51.1 Å².